The number of hydrogen-bond acceptors (Lipinski definition) is 5. The Balaban J connectivity index is 1.99. The molecule has 0 aliphatic heterocycles. The summed E-state index contributed by atoms with van der Waals surface area (Å²) in [6.45, 7) is 6.06. The molecule has 21 heavy (non-hydrogen) atoms. The summed E-state index contributed by atoms with van der Waals surface area (Å²) in [7, 11) is 0. The van der Waals surface area contributed by atoms with E-state index in [1.807, 2.05) is 49.1 Å². The van der Waals surface area contributed by atoms with Gasteiger partial charge in [0.15, 0.2) is 0 Å². The Bertz CT molecular complexity index is 568. The summed E-state index contributed by atoms with van der Waals surface area (Å²) < 4.78 is 5.65. The van der Waals surface area contributed by atoms with E-state index < -0.39 is 0 Å². The highest BCUT2D eigenvalue weighted by Gasteiger charge is 2.14. The lowest BCUT2D eigenvalue weighted by Crippen LogP contribution is -2.36. The molecule has 0 atom stereocenters. The fourth-order valence-electron chi connectivity index (χ4n) is 1.94. The molecule has 0 aliphatic carbocycles. The van der Waals surface area contributed by atoms with E-state index in [2.05, 4.69) is 15.5 Å². The van der Waals surface area contributed by atoms with Crippen molar-refractivity contribution in [3.63, 3.8) is 0 Å². The fourth-order valence-corrected chi connectivity index (χ4v) is 1.94. The molecule has 1 aromatic carbocycles. The van der Waals surface area contributed by atoms with Gasteiger partial charge in [0, 0.05) is 12.1 Å². The Hall–Kier alpha value is -2.21. The highest BCUT2D eigenvalue weighted by molar-refractivity contribution is 5.77. The number of hydrogen-bond donors (Lipinski definition) is 1. The van der Waals surface area contributed by atoms with E-state index in [1.54, 1.807) is 0 Å². The first-order valence-corrected chi connectivity index (χ1v) is 7.09. The third-order valence-electron chi connectivity index (χ3n) is 3.03. The Morgan fingerprint density at radius 3 is 2.67 bits per heavy atom. The standard InChI is InChI=1S/C15H20N4O2/c1-3-16-13(20)10-19(4-2)11-14-17-18-15(21-14)12-8-6-5-7-9-12/h5-9H,3-4,10-11H2,1-2H3,(H,16,20). The minimum atomic E-state index is 0.00199. The molecule has 2 aromatic rings. The van der Waals surface area contributed by atoms with Crippen molar-refractivity contribution in [2.75, 3.05) is 19.6 Å². The Kier molecular flexibility index (Phi) is 5.45. The molecular formula is C15H20N4O2. The maximum absolute atomic E-state index is 11.6. The number of aromatic nitrogens is 2. The highest BCUT2D eigenvalue weighted by Crippen LogP contribution is 2.17. The second kappa shape index (κ2) is 7.54. The molecule has 1 heterocycles. The van der Waals surface area contributed by atoms with Gasteiger partial charge in [0.1, 0.15) is 0 Å². The molecule has 2 rings (SSSR count). The van der Waals surface area contributed by atoms with Crippen LogP contribution in [-0.2, 0) is 11.3 Å². The van der Waals surface area contributed by atoms with Crippen molar-refractivity contribution in [3.05, 3.63) is 36.2 Å². The van der Waals surface area contributed by atoms with Crippen molar-refractivity contribution < 1.29 is 9.21 Å². The van der Waals surface area contributed by atoms with Gasteiger partial charge in [0.25, 0.3) is 0 Å². The molecule has 0 aliphatic rings. The van der Waals surface area contributed by atoms with Gasteiger partial charge in [-0.1, -0.05) is 25.1 Å². The maximum atomic E-state index is 11.6. The summed E-state index contributed by atoms with van der Waals surface area (Å²) in [6.07, 6.45) is 0. The van der Waals surface area contributed by atoms with Gasteiger partial charge in [-0.3, -0.25) is 9.69 Å². The number of rotatable bonds is 7. The van der Waals surface area contributed by atoms with Crippen molar-refractivity contribution in [1.29, 1.82) is 0 Å². The zero-order valence-corrected chi connectivity index (χ0v) is 12.4. The summed E-state index contributed by atoms with van der Waals surface area (Å²) in [5.74, 6) is 1.02. The second-order valence-corrected chi connectivity index (χ2v) is 4.62. The van der Waals surface area contributed by atoms with E-state index in [0.29, 0.717) is 31.4 Å². The zero-order valence-electron chi connectivity index (χ0n) is 12.4. The molecule has 1 amide bonds. The smallest absolute Gasteiger partial charge is 0.247 e. The maximum Gasteiger partial charge on any atom is 0.247 e. The first kappa shape index (κ1) is 15.2. The largest absolute Gasteiger partial charge is 0.419 e. The number of benzene rings is 1. The summed E-state index contributed by atoms with van der Waals surface area (Å²) in [6, 6.07) is 9.62. The summed E-state index contributed by atoms with van der Waals surface area (Å²) >= 11 is 0. The topological polar surface area (TPSA) is 71.3 Å². The molecular weight excluding hydrogens is 268 g/mol. The van der Waals surface area contributed by atoms with Crippen molar-refractivity contribution >= 4 is 5.91 Å². The van der Waals surface area contributed by atoms with E-state index >= 15 is 0 Å². The van der Waals surface area contributed by atoms with Crippen molar-refractivity contribution in [2.24, 2.45) is 0 Å². The number of likely N-dealkylation sites (N-methyl/N-ethyl adjacent to an activating group) is 2. The number of nitrogens with one attached hydrogen (secondary N) is 1. The summed E-state index contributed by atoms with van der Waals surface area (Å²) in [5.41, 5.74) is 0.892. The van der Waals surface area contributed by atoms with Crippen LogP contribution in [0.2, 0.25) is 0 Å². The van der Waals surface area contributed by atoms with Crippen LogP contribution in [0.4, 0.5) is 0 Å². The minimum Gasteiger partial charge on any atom is -0.419 e. The van der Waals surface area contributed by atoms with Gasteiger partial charge in [0.2, 0.25) is 17.7 Å². The Labute approximate surface area is 124 Å². The first-order valence-electron chi connectivity index (χ1n) is 7.09. The third kappa shape index (κ3) is 4.39. The molecule has 6 nitrogen and oxygen atoms in total. The van der Waals surface area contributed by atoms with Gasteiger partial charge in [0.05, 0.1) is 13.1 Å². The number of carbonyl (C=O) groups is 1. The van der Waals surface area contributed by atoms with Gasteiger partial charge < -0.3 is 9.73 Å². The van der Waals surface area contributed by atoms with Crippen molar-refractivity contribution in [2.45, 2.75) is 20.4 Å². The second-order valence-electron chi connectivity index (χ2n) is 4.62. The normalized spacial score (nSPS) is 10.8. The van der Waals surface area contributed by atoms with Crippen LogP contribution in [0.15, 0.2) is 34.7 Å². The van der Waals surface area contributed by atoms with Gasteiger partial charge in [-0.25, -0.2) is 0 Å². The predicted molar refractivity (Wildman–Crippen MR) is 79.4 cm³/mol. The monoisotopic (exact) mass is 288 g/mol. The third-order valence-corrected chi connectivity index (χ3v) is 3.03. The van der Waals surface area contributed by atoms with Crippen molar-refractivity contribution in [1.82, 2.24) is 20.4 Å². The first-order chi connectivity index (χ1) is 10.2. The fraction of sp³-hybridized carbons (Fsp3) is 0.400. The number of nitrogens with zero attached hydrogens (tertiary/aromatic N) is 3. The molecule has 0 saturated carbocycles. The molecule has 0 saturated heterocycles. The molecule has 0 unspecified atom stereocenters. The molecule has 1 N–H and O–H groups in total. The van der Waals surface area contributed by atoms with E-state index in [1.165, 1.54) is 0 Å². The summed E-state index contributed by atoms with van der Waals surface area (Å²) in [4.78, 5) is 13.6. The van der Waals surface area contributed by atoms with E-state index in [4.69, 9.17) is 4.42 Å². The van der Waals surface area contributed by atoms with Crippen LogP contribution in [0.3, 0.4) is 0 Å². The van der Waals surface area contributed by atoms with Crippen LogP contribution in [0, 0.1) is 0 Å². The van der Waals surface area contributed by atoms with Gasteiger partial charge in [-0.05, 0) is 25.6 Å². The van der Waals surface area contributed by atoms with Crippen molar-refractivity contribution in [3.8, 4) is 11.5 Å². The van der Waals surface area contributed by atoms with Crippen LogP contribution in [0.1, 0.15) is 19.7 Å². The molecule has 112 valence electrons. The molecule has 0 fully saturated rings. The van der Waals surface area contributed by atoms with Crippen LogP contribution in [-0.4, -0.2) is 40.6 Å². The molecule has 0 spiro atoms. The summed E-state index contributed by atoms with van der Waals surface area (Å²) in [5, 5.41) is 10.9. The molecule has 1 aromatic heterocycles. The predicted octanol–water partition coefficient (Wildman–Crippen LogP) is 1.69. The van der Waals surface area contributed by atoms with E-state index in [-0.39, 0.29) is 5.91 Å². The highest BCUT2D eigenvalue weighted by atomic mass is 16.4. The molecule has 6 heteroatoms. The van der Waals surface area contributed by atoms with Gasteiger partial charge >= 0.3 is 0 Å². The molecule has 0 radical (unpaired) electrons. The van der Waals surface area contributed by atoms with E-state index in [9.17, 15) is 4.79 Å². The lowest BCUT2D eigenvalue weighted by Gasteiger charge is -2.17. The average Bonchev–Trinajstić information content (AvgIpc) is 2.96. The van der Waals surface area contributed by atoms with Crippen LogP contribution < -0.4 is 5.32 Å². The lowest BCUT2D eigenvalue weighted by atomic mass is 10.2. The van der Waals surface area contributed by atoms with Crippen LogP contribution in [0.5, 0.6) is 0 Å². The van der Waals surface area contributed by atoms with Crippen LogP contribution in [0.25, 0.3) is 11.5 Å². The van der Waals surface area contributed by atoms with Gasteiger partial charge in [-0.2, -0.15) is 0 Å². The Morgan fingerprint density at radius 1 is 1.24 bits per heavy atom. The minimum absolute atomic E-state index is 0.00199. The SMILES string of the molecule is CCNC(=O)CN(CC)Cc1nnc(-c2ccccc2)o1. The average molecular weight is 288 g/mol. The zero-order chi connectivity index (χ0) is 15.1. The number of carbonyl (C=O) groups excluding carboxylic acids is 1. The van der Waals surface area contributed by atoms with E-state index in [0.717, 1.165) is 12.1 Å². The Morgan fingerprint density at radius 2 is 2.00 bits per heavy atom. The van der Waals surface area contributed by atoms with Gasteiger partial charge in [-0.15, -0.1) is 10.2 Å². The lowest BCUT2D eigenvalue weighted by molar-refractivity contribution is -0.122. The number of amides is 1. The quantitative estimate of drug-likeness (QED) is 0.839. The van der Waals surface area contributed by atoms with Crippen LogP contribution >= 0.6 is 0 Å². The molecule has 0 bridgehead atoms.